The van der Waals surface area contributed by atoms with Crippen LogP contribution in [-0.4, -0.2) is 48.0 Å². The van der Waals surface area contributed by atoms with Gasteiger partial charge < -0.3 is 10.1 Å². The van der Waals surface area contributed by atoms with Crippen molar-refractivity contribution in [3.8, 4) is 5.75 Å². The summed E-state index contributed by atoms with van der Waals surface area (Å²) in [5.74, 6) is -0.190. The van der Waals surface area contributed by atoms with Crippen LogP contribution >= 0.6 is 0 Å². The number of amides is 3. The Morgan fingerprint density at radius 3 is 2.38 bits per heavy atom. The first-order chi connectivity index (χ1) is 15.4. The Morgan fingerprint density at radius 1 is 1.06 bits per heavy atom. The van der Waals surface area contributed by atoms with E-state index in [0.29, 0.717) is 29.6 Å². The Bertz CT molecular complexity index is 1050. The maximum absolute atomic E-state index is 13.1. The van der Waals surface area contributed by atoms with E-state index in [-0.39, 0.29) is 12.5 Å². The number of imide groups is 1. The minimum absolute atomic E-state index is 0.197. The fraction of sp³-hybridized carbons (Fsp3) is 0.348. The summed E-state index contributed by atoms with van der Waals surface area (Å²) in [6.07, 6.45) is 0. The number of carbonyl (C=O) groups is 3. The average molecular weight is 435 g/mol. The number of anilines is 2. The van der Waals surface area contributed by atoms with E-state index in [9.17, 15) is 14.4 Å². The van der Waals surface area contributed by atoms with Crippen LogP contribution in [-0.2, 0) is 14.4 Å². The number of carbonyl (C=O) groups excluding carboxylic acids is 3. The van der Waals surface area contributed by atoms with Crippen LogP contribution in [0.1, 0.15) is 32.3 Å². The van der Waals surface area contributed by atoms with E-state index in [2.05, 4.69) is 29.5 Å². The molecule has 9 nitrogen and oxygen atoms in total. The van der Waals surface area contributed by atoms with Crippen LogP contribution in [0, 0.1) is 0 Å². The molecule has 2 heterocycles. The minimum atomic E-state index is -0.939. The number of benzene rings is 2. The highest BCUT2D eigenvalue weighted by atomic mass is 16.5. The van der Waals surface area contributed by atoms with Gasteiger partial charge in [0.05, 0.1) is 12.3 Å². The fourth-order valence-electron chi connectivity index (χ4n) is 3.77. The first kappa shape index (κ1) is 21.5. The van der Waals surface area contributed by atoms with Gasteiger partial charge in [0.2, 0.25) is 5.91 Å². The van der Waals surface area contributed by atoms with Crippen LogP contribution in [0.2, 0.25) is 0 Å². The topological polar surface area (TPSA) is 104 Å². The maximum atomic E-state index is 13.1. The van der Waals surface area contributed by atoms with Crippen LogP contribution in [0.5, 0.6) is 5.75 Å². The van der Waals surface area contributed by atoms with Gasteiger partial charge in [0.25, 0.3) is 11.8 Å². The van der Waals surface area contributed by atoms with Crippen molar-refractivity contribution in [2.75, 3.05) is 23.4 Å². The lowest BCUT2D eigenvalue weighted by Gasteiger charge is -2.20. The molecule has 3 amide bonds. The standard InChI is InChI=1S/C23H25N5O4/c1-4-32-18-11-7-16(8-12-18)24-19(29)13-27-21-20(25-26-27)22(30)28(23(21)31)17-9-5-15(6-10-17)14(2)3/h5-12,14,20-21H,4,13H2,1-3H3,(H,24,29)/t20-,21+/m1/s1. The van der Waals surface area contributed by atoms with Crippen molar-refractivity contribution in [3.63, 3.8) is 0 Å². The Labute approximate surface area is 186 Å². The zero-order valence-electron chi connectivity index (χ0n) is 18.2. The summed E-state index contributed by atoms with van der Waals surface area (Å²) >= 11 is 0. The molecule has 2 aromatic rings. The first-order valence-corrected chi connectivity index (χ1v) is 10.6. The molecule has 0 spiro atoms. The molecule has 2 aliphatic rings. The summed E-state index contributed by atoms with van der Waals surface area (Å²) in [5, 5.41) is 11.9. The fourth-order valence-corrected chi connectivity index (χ4v) is 3.77. The molecule has 1 fully saturated rings. The second kappa shape index (κ2) is 8.78. The normalized spacial score (nSPS) is 19.6. The molecular weight excluding hydrogens is 410 g/mol. The molecule has 0 bridgehead atoms. The van der Waals surface area contributed by atoms with Gasteiger partial charge in [-0.05, 0) is 54.8 Å². The summed E-state index contributed by atoms with van der Waals surface area (Å²) in [6, 6.07) is 12.4. The molecule has 1 N–H and O–H groups in total. The third-order valence-electron chi connectivity index (χ3n) is 5.43. The summed E-state index contributed by atoms with van der Waals surface area (Å²) in [5.41, 5.74) is 2.19. The van der Waals surface area contributed by atoms with Gasteiger partial charge in [-0.3, -0.25) is 19.4 Å². The van der Waals surface area contributed by atoms with E-state index < -0.39 is 23.9 Å². The molecule has 0 unspecified atom stereocenters. The van der Waals surface area contributed by atoms with Crippen molar-refractivity contribution in [1.82, 2.24) is 5.01 Å². The van der Waals surface area contributed by atoms with Crippen LogP contribution in [0.3, 0.4) is 0 Å². The second-order valence-corrected chi connectivity index (χ2v) is 7.96. The van der Waals surface area contributed by atoms with Gasteiger partial charge in [0.15, 0.2) is 12.1 Å². The number of hydrogen-bond donors (Lipinski definition) is 1. The number of ether oxygens (including phenoxy) is 1. The zero-order valence-corrected chi connectivity index (χ0v) is 18.2. The Balaban J connectivity index is 1.43. The predicted octanol–water partition coefficient (Wildman–Crippen LogP) is 3.14. The van der Waals surface area contributed by atoms with Gasteiger partial charge in [0, 0.05) is 5.69 Å². The second-order valence-electron chi connectivity index (χ2n) is 7.96. The number of rotatable bonds is 7. The molecule has 32 heavy (non-hydrogen) atoms. The van der Waals surface area contributed by atoms with Crippen molar-refractivity contribution < 1.29 is 19.1 Å². The summed E-state index contributed by atoms with van der Waals surface area (Å²) in [4.78, 5) is 39.5. The molecule has 0 aliphatic carbocycles. The molecule has 9 heteroatoms. The van der Waals surface area contributed by atoms with Gasteiger partial charge in [-0.25, -0.2) is 4.90 Å². The van der Waals surface area contributed by atoms with Gasteiger partial charge in [0.1, 0.15) is 12.3 Å². The van der Waals surface area contributed by atoms with Crippen molar-refractivity contribution in [2.45, 2.75) is 38.8 Å². The third kappa shape index (κ3) is 4.05. The van der Waals surface area contributed by atoms with E-state index in [1.165, 1.54) is 5.01 Å². The lowest BCUT2D eigenvalue weighted by atomic mass is 10.0. The van der Waals surface area contributed by atoms with Crippen LogP contribution in [0.15, 0.2) is 58.9 Å². The quantitative estimate of drug-likeness (QED) is 0.673. The van der Waals surface area contributed by atoms with E-state index in [1.807, 2.05) is 19.1 Å². The maximum Gasteiger partial charge on any atom is 0.263 e. The molecule has 0 saturated carbocycles. The molecule has 166 valence electrons. The van der Waals surface area contributed by atoms with Crippen LogP contribution in [0.25, 0.3) is 0 Å². The minimum Gasteiger partial charge on any atom is -0.494 e. The Hall–Kier alpha value is -3.75. The van der Waals surface area contributed by atoms with Gasteiger partial charge in [-0.2, -0.15) is 5.11 Å². The lowest BCUT2D eigenvalue weighted by Crippen LogP contribution is -2.43. The SMILES string of the molecule is CCOc1ccc(NC(=O)CN2N=N[C@H]3C(=O)N(c4ccc(C(C)C)cc4)C(=O)[C@H]32)cc1. The summed E-state index contributed by atoms with van der Waals surface area (Å²) in [6.45, 7) is 6.39. The Morgan fingerprint density at radius 2 is 1.75 bits per heavy atom. The van der Waals surface area contributed by atoms with E-state index >= 15 is 0 Å². The number of fused-ring (bicyclic) bond motifs is 1. The molecular formula is C23H25N5O4. The third-order valence-corrected chi connectivity index (χ3v) is 5.43. The number of hydrogen-bond acceptors (Lipinski definition) is 7. The largest absolute Gasteiger partial charge is 0.494 e. The molecule has 2 aliphatic heterocycles. The number of nitrogens with one attached hydrogen (secondary N) is 1. The van der Waals surface area contributed by atoms with Crippen LogP contribution < -0.4 is 15.0 Å². The molecule has 0 radical (unpaired) electrons. The molecule has 2 aromatic carbocycles. The molecule has 0 aromatic heterocycles. The highest BCUT2D eigenvalue weighted by molar-refractivity contribution is 6.25. The van der Waals surface area contributed by atoms with Crippen molar-refractivity contribution in [2.24, 2.45) is 10.3 Å². The number of nitrogens with zero attached hydrogens (tertiary/aromatic N) is 4. The molecule has 4 rings (SSSR count). The lowest BCUT2D eigenvalue weighted by molar-refractivity contribution is -0.123. The van der Waals surface area contributed by atoms with E-state index in [4.69, 9.17) is 4.74 Å². The molecule has 1 saturated heterocycles. The smallest absolute Gasteiger partial charge is 0.263 e. The van der Waals surface area contributed by atoms with Crippen LogP contribution in [0.4, 0.5) is 11.4 Å². The highest BCUT2D eigenvalue weighted by Crippen LogP contribution is 2.32. The van der Waals surface area contributed by atoms with Crippen molar-refractivity contribution >= 4 is 29.1 Å². The van der Waals surface area contributed by atoms with Gasteiger partial charge in [-0.1, -0.05) is 31.2 Å². The van der Waals surface area contributed by atoms with Gasteiger partial charge >= 0.3 is 0 Å². The van der Waals surface area contributed by atoms with Gasteiger partial charge in [-0.15, -0.1) is 0 Å². The monoisotopic (exact) mass is 435 g/mol. The summed E-state index contributed by atoms with van der Waals surface area (Å²) < 4.78 is 5.38. The first-order valence-electron chi connectivity index (χ1n) is 10.6. The van der Waals surface area contributed by atoms with E-state index in [1.54, 1.807) is 36.4 Å². The molecule has 2 atom stereocenters. The highest BCUT2D eigenvalue weighted by Gasteiger charge is 2.55. The Kier molecular flexibility index (Phi) is 5.89. The summed E-state index contributed by atoms with van der Waals surface area (Å²) in [7, 11) is 0. The predicted molar refractivity (Wildman–Crippen MR) is 118 cm³/mol. The van der Waals surface area contributed by atoms with Crippen molar-refractivity contribution in [1.29, 1.82) is 0 Å². The van der Waals surface area contributed by atoms with Crippen molar-refractivity contribution in [3.05, 3.63) is 54.1 Å². The van der Waals surface area contributed by atoms with E-state index in [0.717, 1.165) is 10.5 Å². The zero-order chi connectivity index (χ0) is 22.8. The average Bonchev–Trinajstić information content (AvgIpc) is 3.29.